The smallest absolute Gasteiger partial charge is 0.213 e. The van der Waals surface area contributed by atoms with Crippen molar-refractivity contribution >= 4 is 0 Å². The van der Waals surface area contributed by atoms with E-state index >= 15 is 0 Å². The Balaban J connectivity index is 1.80. The lowest BCUT2D eigenvalue weighted by Crippen LogP contribution is -2.01. The Labute approximate surface area is 148 Å². The molecule has 0 fully saturated rings. The zero-order chi connectivity index (χ0) is 17.6. The topological polar surface area (TPSA) is 40.6 Å². The van der Waals surface area contributed by atoms with Gasteiger partial charge < -0.3 is 14.2 Å². The van der Waals surface area contributed by atoms with Crippen molar-refractivity contribution in [3.8, 4) is 28.5 Å². The van der Waals surface area contributed by atoms with E-state index in [2.05, 4.69) is 4.98 Å². The molecule has 0 N–H and O–H groups in total. The van der Waals surface area contributed by atoms with E-state index in [1.807, 2.05) is 67.6 Å². The van der Waals surface area contributed by atoms with Gasteiger partial charge in [-0.3, -0.25) is 0 Å². The number of hydrogen-bond acceptors (Lipinski definition) is 4. The maximum absolute atomic E-state index is 5.84. The van der Waals surface area contributed by atoms with E-state index in [0.717, 1.165) is 33.9 Å². The Hall–Kier alpha value is -3.01. The molecule has 25 heavy (non-hydrogen) atoms. The van der Waals surface area contributed by atoms with E-state index in [1.54, 1.807) is 14.2 Å². The Morgan fingerprint density at radius 2 is 1.44 bits per heavy atom. The van der Waals surface area contributed by atoms with Crippen LogP contribution in [0.5, 0.6) is 17.4 Å². The number of ether oxygens (including phenoxy) is 3. The number of para-hydroxylation sites is 2. The molecule has 0 spiro atoms. The van der Waals surface area contributed by atoms with Crippen molar-refractivity contribution in [2.75, 3.05) is 14.2 Å². The standard InChI is InChI=1S/C21H21NO3/c1-15-17(18-9-5-7-11-20(18)24-3)12-13-21(22-15)25-14-16-8-4-6-10-19(16)23-2/h4-13H,14H2,1-3H3. The second-order valence-corrected chi connectivity index (χ2v) is 5.58. The third-order valence-corrected chi connectivity index (χ3v) is 4.03. The van der Waals surface area contributed by atoms with Gasteiger partial charge in [0.2, 0.25) is 5.88 Å². The minimum atomic E-state index is 0.407. The number of nitrogens with zero attached hydrogens (tertiary/aromatic N) is 1. The molecule has 0 amide bonds. The van der Waals surface area contributed by atoms with Gasteiger partial charge in [0.25, 0.3) is 0 Å². The Morgan fingerprint density at radius 3 is 2.16 bits per heavy atom. The lowest BCUT2D eigenvalue weighted by molar-refractivity contribution is 0.285. The molecule has 0 bridgehead atoms. The van der Waals surface area contributed by atoms with Crippen molar-refractivity contribution in [3.63, 3.8) is 0 Å². The molecule has 0 atom stereocenters. The zero-order valence-corrected chi connectivity index (χ0v) is 14.7. The fourth-order valence-corrected chi connectivity index (χ4v) is 2.74. The average molecular weight is 335 g/mol. The molecule has 0 unspecified atom stereocenters. The van der Waals surface area contributed by atoms with Gasteiger partial charge in [-0.1, -0.05) is 36.4 Å². The lowest BCUT2D eigenvalue weighted by Gasteiger charge is -2.13. The predicted octanol–water partition coefficient (Wildman–Crippen LogP) is 4.65. The molecule has 3 aromatic rings. The van der Waals surface area contributed by atoms with E-state index in [-0.39, 0.29) is 0 Å². The second kappa shape index (κ2) is 7.71. The number of hydrogen-bond donors (Lipinski definition) is 0. The number of pyridine rings is 1. The molecule has 0 aliphatic rings. The van der Waals surface area contributed by atoms with E-state index < -0.39 is 0 Å². The van der Waals surface area contributed by atoms with Crippen molar-refractivity contribution in [2.45, 2.75) is 13.5 Å². The summed E-state index contributed by atoms with van der Waals surface area (Å²) in [5, 5.41) is 0. The summed E-state index contributed by atoms with van der Waals surface area (Å²) in [4.78, 5) is 4.58. The minimum absolute atomic E-state index is 0.407. The van der Waals surface area contributed by atoms with Crippen LogP contribution in [0.1, 0.15) is 11.3 Å². The first kappa shape index (κ1) is 16.8. The number of aryl methyl sites for hydroxylation is 1. The molecule has 4 nitrogen and oxygen atoms in total. The molecule has 128 valence electrons. The number of rotatable bonds is 6. The summed E-state index contributed by atoms with van der Waals surface area (Å²) in [5.41, 5.74) is 3.92. The van der Waals surface area contributed by atoms with Gasteiger partial charge in [0, 0.05) is 28.5 Å². The molecule has 3 rings (SSSR count). The van der Waals surface area contributed by atoms with Gasteiger partial charge in [0.1, 0.15) is 18.1 Å². The Kier molecular flexibility index (Phi) is 5.19. The van der Waals surface area contributed by atoms with Crippen LogP contribution in [0.15, 0.2) is 60.7 Å². The summed E-state index contributed by atoms with van der Waals surface area (Å²) < 4.78 is 16.6. The summed E-state index contributed by atoms with van der Waals surface area (Å²) in [5.74, 6) is 2.22. The molecule has 0 aliphatic carbocycles. The van der Waals surface area contributed by atoms with Crippen LogP contribution in [0, 0.1) is 6.92 Å². The molecular weight excluding hydrogens is 314 g/mol. The summed E-state index contributed by atoms with van der Waals surface area (Å²) in [6.07, 6.45) is 0. The number of aromatic nitrogens is 1. The molecule has 0 saturated heterocycles. The van der Waals surface area contributed by atoms with Gasteiger partial charge in [0.15, 0.2) is 0 Å². The normalized spacial score (nSPS) is 10.4. The van der Waals surface area contributed by atoms with Gasteiger partial charge in [-0.05, 0) is 25.1 Å². The predicted molar refractivity (Wildman–Crippen MR) is 98.3 cm³/mol. The summed E-state index contributed by atoms with van der Waals surface area (Å²) >= 11 is 0. The number of methoxy groups -OCH3 is 2. The molecule has 1 aromatic heterocycles. The van der Waals surface area contributed by atoms with Crippen LogP contribution in [0.3, 0.4) is 0 Å². The van der Waals surface area contributed by atoms with Gasteiger partial charge >= 0.3 is 0 Å². The van der Waals surface area contributed by atoms with Crippen LogP contribution in [-0.4, -0.2) is 19.2 Å². The first-order valence-electron chi connectivity index (χ1n) is 8.08. The first-order chi connectivity index (χ1) is 12.2. The first-order valence-corrected chi connectivity index (χ1v) is 8.08. The van der Waals surface area contributed by atoms with E-state index in [1.165, 1.54) is 0 Å². The third-order valence-electron chi connectivity index (χ3n) is 4.03. The Bertz CT molecular complexity index is 861. The highest BCUT2D eigenvalue weighted by molar-refractivity contribution is 5.72. The summed E-state index contributed by atoms with van der Waals surface area (Å²) in [6.45, 7) is 2.38. The van der Waals surface area contributed by atoms with Crippen LogP contribution in [0.2, 0.25) is 0 Å². The minimum Gasteiger partial charge on any atom is -0.496 e. The largest absolute Gasteiger partial charge is 0.496 e. The van der Waals surface area contributed by atoms with Crippen LogP contribution in [0.25, 0.3) is 11.1 Å². The van der Waals surface area contributed by atoms with Gasteiger partial charge in [-0.25, -0.2) is 4.98 Å². The number of benzene rings is 2. The van der Waals surface area contributed by atoms with Crippen LogP contribution < -0.4 is 14.2 Å². The van der Waals surface area contributed by atoms with Crippen molar-refractivity contribution in [1.82, 2.24) is 4.98 Å². The van der Waals surface area contributed by atoms with Gasteiger partial charge in [-0.2, -0.15) is 0 Å². The van der Waals surface area contributed by atoms with Crippen LogP contribution >= 0.6 is 0 Å². The van der Waals surface area contributed by atoms with Crippen molar-refractivity contribution < 1.29 is 14.2 Å². The fraction of sp³-hybridized carbons (Fsp3) is 0.190. The molecule has 2 aromatic carbocycles. The molecular formula is C21H21NO3. The Morgan fingerprint density at radius 1 is 0.760 bits per heavy atom. The molecule has 1 heterocycles. The summed E-state index contributed by atoms with van der Waals surface area (Å²) in [7, 11) is 3.33. The van der Waals surface area contributed by atoms with E-state index in [9.17, 15) is 0 Å². The second-order valence-electron chi connectivity index (χ2n) is 5.58. The molecule has 0 radical (unpaired) electrons. The van der Waals surface area contributed by atoms with Gasteiger partial charge in [-0.15, -0.1) is 0 Å². The summed E-state index contributed by atoms with van der Waals surface area (Å²) in [6, 6.07) is 19.6. The highest BCUT2D eigenvalue weighted by Gasteiger charge is 2.10. The third kappa shape index (κ3) is 3.74. The fourth-order valence-electron chi connectivity index (χ4n) is 2.74. The van der Waals surface area contributed by atoms with Crippen LogP contribution in [-0.2, 0) is 6.61 Å². The molecule has 0 aliphatic heterocycles. The quantitative estimate of drug-likeness (QED) is 0.657. The van der Waals surface area contributed by atoms with Gasteiger partial charge in [0.05, 0.1) is 14.2 Å². The average Bonchev–Trinajstić information content (AvgIpc) is 2.66. The zero-order valence-electron chi connectivity index (χ0n) is 14.7. The highest BCUT2D eigenvalue weighted by Crippen LogP contribution is 2.32. The highest BCUT2D eigenvalue weighted by atomic mass is 16.5. The lowest BCUT2D eigenvalue weighted by atomic mass is 10.0. The monoisotopic (exact) mass is 335 g/mol. The maximum atomic E-state index is 5.84. The molecule has 4 heteroatoms. The maximum Gasteiger partial charge on any atom is 0.213 e. The van der Waals surface area contributed by atoms with Crippen molar-refractivity contribution in [1.29, 1.82) is 0 Å². The SMILES string of the molecule is COc1ccccc1COc1ccc(-c2ccccc2OC)c(C)n1. The van der Waals surface area contributed by atoms with E-state index in [0.29, 0.717) is 12.5 Å². The van der Waals surface area contributed by atoms with Crippen molar-refractivity contribution in [2.24, 2.45) is 0 Å². The van der Waals surface area contributed by atoms with Crippen LogP contribution in [0.4, 0.5) is 0 Å². The van der Waals surface area contributed by atoms with E-state index in [4.69, 9.17) is 14.2 Å². The van der Waals surface area contributed by atoms with Crippen molar-refractivity contribution in [3.05, 3.63) is 71.9 Å². The molecule has 0 saturated carbocycles.